The standard InChI is InChI=1S/C29H28IN3O4/c1-5-36-26-15-21(13-22(16-31)29(35)33-25-11-10-18(2)12-20(25)4)14-23(30)28(26)37-17-27(34)32-24-9-7-6-8-19(24)3/h6-15H,5,17H2,1-4H3,(H,32,34)(H,33,35)/b22-13+. The lowest BCUT2D eigenvalue weighted by atomic mass is 10.1. The van der Waals surface area contributed by atoms with Crippen molar-refractivity contribution in [2.45, 2.75) is 27.7 Å². The molecular weight excluding hydrogens is 581 g/mol. The van der Waals surface area contributed by atoms with Gasteiger partial charge in [0.1, 0.15) is 11.6 Å². The Kier molecular flexibility index (Phi) is 9.69. The van der Waals surface area contributed by atoms with Crippen molar-refractivity contribution in [3.63, 3.8) is 0 Å². The van der Waals surface area contributed by atoms with Crippen LogP contribution >= 0.6 is 22.6 Å². The molecule has 37 heavy (non-hydrogen) atoms. The van der Waals surface area contributed by atoms with Crippen molar-refractivity contribution < 1.29 is 19.1 Å². The first kappa shape index (κ1) is 27.7. The van der Waals surface area contributed by atoms with Crippen LogP contribution in [0.15, 0.2) is 60.2 Å². The summed E-state index contributed by atoms with van der Waals surface area (Å²) in [7, 11) is 0. The van der Waals surface area contributed by atoms with Gasteiger partial charge in [0.05, 0.1) is 10.2 Å². The number of para-hydroxylation sites is 1. The maximum Gasteiger partial charge on any atom is 0.266 e. The molecule has 8 heteroatoms. The van der Waals surface area contributed by atoms with E-state index < -0.39 is 5.91 Å². The van der Waals surface area contributed by atoms with Crippen molar-refractivity contribution >= 4 is 51.9 Å². The molecule has 3 aromatic carbocycles. The molecule has 2 amide bonds. The molecule has 3 rings (SSSR count). The quantitative estimate of drug-likeness (QED) is 0.172. The van der Waals surface area contributed by atoms with E-state index >= 15 is 0 Å². The Bertz CT molecular complexity index is 1390. The van der Waals surface area contributed by atoms with E-state index in [9.17, 15) is 14.9 Å². The van der Waals surface area contributed by atoms with Gasteiger partial charge in [-0.3, -0.25) is 9.59 Å². The molecule has 0 radical (unpaired) electrons. The Balaban J connectivity index is 1.79. The summed E-state index contributed by atoms with van der Waals surface area (Å²) < 4.78 is 12.2. The van der Waals surface area contributed by atoms with Crippen LogP contribution in [0.4, 0.5) is 11.4 Å². The first-order chi connectivity index (χ1) is 17.7. The van der Waals surface area contributed by atoms with Gasteiger partial charge in [0.2, 0.25) is 0 Å². The molecule has 0 atom stereocenters. The van der Waals surface area contributed by atoms with Gasteiger partial charge in [0, 0.05) is 11.4 Å². The lowest BCUT2D eigenvalue weighted by Crippen LogP contribution is -2.21. The number of halogens is 1. The van der Waals surface area contributed by atoms with Gasteiger partial charge in [-0.1, -0.05) is 35.9 Å². The van der Waals surface area contributed by atoms with Crippen LogP contribution in [0.2, 0.25) is 0 Å². The summed E-state index contributed by atoms with van der Waals surface area (Å²) in [6, 6.07) is 18.6. The van der Waals surface area contributed by atoms with Gasteiger partial charge in [-0.15, -0.1) is 0 Å². The molecule has 2 N–H and O–H groups in total. The zero-order chi connectivity index (χ0) is 26.9. The number of nitrogens with one attached hydrogen (secondary N) is 2. The summed E-state index contributed by atoms with van der Waals surface area (Å²) in [5, 5.41) is 15.3. The largest absolute Gasteiger partial charge is 0.490 e. The highest BCUT2D eigenvalue weighted by Gasteiger charge is 2.16. The predicted molar refractivity (Wildman–Crippen MR) is 154 cm³/mol. The van der Waals surface area contributed by atoms with Crippen LogP contribution in [0.1, 0.15) is 29.2 Å². The number of hydrogen-bond acceptors (Lipinski definition) is 5. The minimum atomic E-state index is -0.504. The van der Waals surface area contributed by atoms with E-state index in [0.29, 0.717) is 32.9 Å². The molecule has 0 saturated carbocycles. The zero-order valence-electron chi connectivity index (χ0n) is 21.1. The van der Waals surface area contributed by atoms with Crippen molar-refractivity contribution in [3.05, 3.63) is 86.0 Å². The molecule has 3 aromatic rings. The number of aryl methyl sites for hydroxylation is 3. The minimum absolute atomic E-state index is 0.0514. The van der Waals surface area contributed by atoms with Gasteiger partial charge in [-0.25, -0.2) is 0 Å². The number of benzene rings is 3. The molecule has 0 heterocycles. The SMILES string of the molecule is CCOc1cc(/C=C(\C#N)C(=O)Nc2ccc(C)cc2C)cc(I)c1OCC(=O)Nc1ccccc1C. The van der Waals surface area contributed by atoms with E-state index in [1.165, 1.54) is 6.08 Å². The molecule has 0 aliphatic rings. The highest BCUT2D eigenvalue weighted by Crippen LogP contribution is 2.35. The molecular formula is C29H28IN3O4. The fourth-order valence-corrected chi connectivity index (χ4v) is 4.35. The number of nitrogens with zero attached hydrogens (tertiary/aromatic N) is 1. The fraction of sp³-hybridized carbons (Fsp3) is 0.207. The third kappa shape index (κ3) is 7.57. The molecule has 190 valence electrons. The number of carbonyl (C=O) groups excluding carboxylic acids is 2. The van der Waals surface area contributed by atoms with E-state index in [2.05, 4.69) is 33.2 Å². The second kappa shape index (κ2) is 12.9. The molecule has 7 nitrogen and oxygen atoms in total. The van der Waals surface area contributed by atoms with E-state index in [4.69, 9.17) is 9.47 Å². The Morgan fingerprint density at radius 2 is 1.70 bits per heavy atom. The summed E-state index contributed by atoms with van der Waals surface area (Å²) in [5.74, 6) is 0.0242. The van der Waals surface area contributed by atoms with Crippen LogP contribution in [-0.4, -0.2) is 25.0 Å². The number of anilines is 2. The van der Waals surface area contributed by atoms with Crippen LogP contribution in [0.3, 0.4) is 0 Å². The van der Waals surface area contributed by atoms with Crippen molar-refractivity contribution in [3.8, 4) is 17.6 Å². The minimum Gasteiger partial charge on any atom is -0.490 e. The molecule has 0 fully saturated rings. The predicted octanol–water partition coefficient (Wildman–Crippen LogP) is 6.18. The molecule has 0 saturated heterocycles. The highest BCUT2D eigenvalue weighted by atomic mass is 127. The lowest BCUT2D eigenvalue weighted by Gasteiger charge is -2.15. The second-order valence-electron chi connectivity index (χ2n) is 8.36. The Morgan fingerprint density at radius 3 is 2.38 bits per heavy atom. The Morgan fingerprint density at radius 1 is 0.973 bits per heavy atom. The van der Waals surface area contributed by atoms with Gasteiger partial charge in [0.15, 0.2) is 18.1 Å². The third-order valence-corrected chi connectivity index (χ3v) is 6.21. The second-order valence-corrected chi connectivity index (χ2v) is 9.52. The van der Waals surface area contributed by atoms with Crippen LogP contribution in [0, 0.1) is 35.7 Å². The maximum absolute atomic E-state index is 12.8. The van der Waals surface area contributed by atoms with Crippen LogP contribution in [0.25, 0.3) is 6.08 Å². The number of rotatable bonds is 9. The smallest absolute Gasteiger partial charge is 0.266 e. The molecule has 0 aliphatic heterocycles. The zero-order valence-corrected chi connectivity index (χ0v) is 23.3. The monoisotopic (exact) mass is 609 g/mol. The van der Waals surface area contributed by atoms with Gasteiger partial charge in [-0.05, 0) is 97.3 Å². The van der Waals surface area contributed by atoms with Crippen LogP contribution in [0.5, 0.6) is 11.5 Å². The van der Waals surface area contributed by atoms with Gasteiger partial charge in [-0.2, -0.15) is 5.26 Å². The van der Waals surface area contributed by atoms with Crippen molar-refractivity contribution in [1.29, 1.82) is 5.26 Å². The molecule has 0 bridgehead atoms. The normalized spacial score (nSPS) is 10.9. The summed E-state index contributed by atoms with van der Waals surface area (Å²) in [5.41, 5.74) is 4.85. The molecule has 0 aromatic heterocycles. The molecule has 0 unspecified atom stereocenters. The van der Waals surface area contributed by atoms with Gasteiger partial charge >= 0.3 is 0 Å². The maximum atomic E-state index is 12.8. The lowest BCUT2D eigenvalue weighted by molar-refractivity contribution is -0.118. The molecule has 0 aliphatic carbocycles. The fourth-order valence-electron chi connectivity index (χ4n) is 3.57. The number of hydrogen-bond donors (Lipinski definition) is 2. The van der Waals surface area contributed by atoms with E-state index in [1.54, 1.807) is 12.1 Å². The number of ether oxygens (including phenoxy) is 2. The van der Waals surface area contributed by atoms with Crippen molar-refractivity contribution in [2.24, 2.45) is 0 Å². The number of carbonyl (C=O) groups is 2. The third-order valence-electron chi connectivity index (χ3n) is 5.40. The van der Waals surface area contributed by atoms with E-state index in [1.807, 2.05) is 76.2 Å². The topological polar surface area (TPSA) is 100 Å². The van der Waals surface area contributed by atoms with E-state index in [-0.39, 0.29) is 18.1 Å². The summed E-state index contributed by atoms with van der Waals surface area (Å²) in [6.07, 6.45) is 1.50. The summed E-state index contributed by atoms with van der Waals surface area (Å²) in [6.45, 7) is 7.78. The van der Waals surface area contributed by atoms with Crippen molar-refractivity contribution in [1.82, 2.24) is 0 Å². The van der Waals surface area contributed by atoms with Gasteiger partial charge in [0.25, 0.3) is 11.8 Å². The Hall–Kier alpha value is -3.84. The average molecular weight is 609 g/mol. The average Bonchev–Trinajstić information content (AvgIpc) is 2.85. The first-order valence-corrected chi connectivity index (χ1v) is 12.7. The number of amides is 2. The number of nitriles is 1. The first-order valence-electron chi connectivity index (χ1n) is 11.7. The Labute approximate surface area is 230 Å². The van der Waals surface area contributed by atoms with Crippen LogP contribution < -0.4 is 20.1 Å². The van der Waals surface area contributed by atoms with Crippen LogP contribution in [-0.2, 0) is 9.59 Å². The van der Waals surface area contributed by atoms with Gasteiger partial charge < -0.3 is 20.1 Å². The van der Waals surface area contributed by atoms with E-state index in [0.717, 1.165) is 22.4 Å². The summed E-state index contributed by atoms with van der Waals surface area (Å²) in [4.78, 5) is 25.3. The molecule has 0 spiro atoms. The highest BCUT2D eigenvalue weighted by molar-refractivity contribution is 14.1. The summed E-state index contributed by atoms with van der Waals surface area (Å²) >= 11 is 2.08. The van der Waals surface area contributed by atoms with Crippen molar-refractivity contribution in [2.75, 3.05) is 23.8 Å².